The number of ether oxygens (including phenoxy) is 1. The summed E-state index contributed by atoms with van der Waals surface area (Å²) in [4.78, 5) is 18.6. The number of hydrogen-bond donors (Lipinski definition) is 0. The third kappa shape index (κ3) is 3.92. The molecule has 3 aromatic rings. The summed E-state index contributed by atoms with van der Waals surface area (Å²) in [6.45, 7) is 4.95. The minimum absolute atomic E-state index is 0.229. The lowest BCUT2D eigenvalue weighted by Crippen LogP contribution is -2.52. The monoisotopic (exact) mass is 445 g/mol. The van der Waals surface area contributed by atoms with Gasteiger partial charge in [0.1, 0.15) is 17.4 Å². The molecule has 0 radical (unpaired) electrons. The van der Waals surface area contributed by atoms with Crippen LogP contribution in [0.4, 0.5) is 13.2 Å². The molecule has 168 valence electrons. The van der Waals surface area contributed by atoms with E-state index >= 15 is 0 Å². The minimum atomic E-state index is -5.09. The van der Waals surface area contributed by atoms with Gasteiger partial charge < -0.3 is 9.57 Å². The molecule has 1 unspecified atom stereocenters. The number of fused-ring (bicyclic) bond motifs is 4. The van der Waals surface area contributed by atoms with Crippen LogP contribution in [0.15, 0.2) is 42.5 Å². The summed E-state index contributed by atoms with van der Waals surface area (Å²) in [5.41, 5.74) is 2.55. The van der Waals surface area contributed by atoms with Gasteiger partial charge in [-0.3, -0.25) is 4.90 Å². The number of halogens is 3. The van der Waals surface area contributed by atoms with E-state index in [1.54, 1.807) is 19.1 Å². The molecule has 0 saturated carbocycles. The van der Waals surface area contributed by atoms with Crippen LogP contribution in [-0.4, -0.2) is 52.7 Å². The fourth-order valence-corrected chi connectivity index (χ4v) is 4.56. The highest BCUT2D eigenvalue weighted by molar-refractivity contribution is 5.87. The van der Waals surface area contributed by atoms with Crippen LogP contribution in [0.2, 0.25) is 0 Å². The van der Waals surface area contributed by atoms with Gasteiger partial charge in [-0.15, -0.1) is 5.10 Å². The Kier molecular flexibility index (Phi) is 5.08. The van der Waals surface area contributed by atoms with Gasteiger partial charge in [-0.05, 0) is 74.2 Å². The Morgan fingerprint density at radius 2 is 1.75 bits per heavy atom. The summed E-state index contributed by atoms with van der Waals surface area (Å²) in [5.74, 6) is -0.866. The predicted octanol–water partition coefficient (Wildman–Crippen LogP) is 4.00. The number of alkyl halides is 3. The number of piperidine rings is 3. The van der Waals surface area contributed by atoms with E-state index in [0.717, 1.165) is 36.5 Å². The molecule has 0 N–H and O–H groups in total. The van der Waals surface area contributed by atoms with Crippen molar-refractivity contribution >= 4 is 16.9 Å². The van der Waals surface area contributed by atoms with Gasteiger partial charge in [-0.1, -0.05) is 23.0 Å². The molecule has 3 aliphatic heterocycles. The number of carbonyl (C=O) groups excluding carboxylic acids is 1. The van der Waals surface area contributed by atoms with Crippen LogP contribution in [-0.2, 0) is 4.79 Å². The van der Waals surface area contributed by atoms with E-state index in [4.69, 9.17) is 4.74 Å². The van der Waals surface area contributed by atoms with Crippen molar-refractivity contribution in [3.63, 3.8) is 0 Å². The average Bonchev–Trinajstić information content (AvgIpc) is 3.09. The first-order chi connectivity index (χ1) is 15.3. The molecule has 3 fully saturated rings. The number of hydrogen-bond acceptors (Lipinski definition) is 5. The molecule has 6 nitrogen and oxygen atoms in total. The van der Waals surface area contributed by atoms with Gasteiger partial charge in [-0.2, -0.15) is 13.2 Å². The van der Waals surface area contributed by atoms with Crippen molar-refractivity contribution in [1.29, 1.82) is 0 Å². The van der Waals surface area contributed by atoms with Crippen molar-refractivity contribution in [2.24, 2.45) is 5.92 Å². The Bertz CT molecular complexity index is 1150. The van der Waals surface area contributed by atoms with E-state index in [2.05, 4.69) is 14.8 Å². The molecule has 0 spiro atoms. The molecule has 3 aliphatic rings. The van der Waals surface area contributed by atoms with Crippen LogP contribution in [0.5, 0.6) is 5.75 Å². The first-order valence-electron chi connectivity index (χ1n) is 10.6. The zero-order chi connectivity index (χ0) is 22.5. The van der Waals surface area contributed by atoms with Crippen LogP contribution in [0.1, 0.15) is 18.5 Å². The SMILES string of the molecule is Cc1nn(OC(=O)C(F)(F)F)c2ccc(-c3ccc(OC4CN5CCC4CC5)cc3)cc12. The third-order valence-electron chi connectivity index (χ3n) is 6.31. The molecule has 32 heavy (non-hydrogen) atoms. The lowest BCUT2D eigenvalue weighted by atomic mass is 9.86. The molecule has 0 aliphatic carbocycles. The van der Waals surface area contributed by atoms with Gasteiger partial charge >= 0.3 is 12.1 Å². The second kappa shape index (κ2) is 7.81. The molecular formula is C23H22F3N3O3. The van der Waals surface area contributed by atoms with Crippen LogP contribution >= 0.6 is 0 Å². The Hall–Kier alpha value is -3.07. The summed E-state index contributed by atoms with van der Waals surface area (Å²) in [5, 5.41) is 4.53. The smallest absolute Gasteiger partial charge is 0.489 e. The van der Waals surface area contributed by atoms with Crippen molar-refractivity contribution in [2.75, 3.05) is 19.6 Å². The van der Waals surface area contributed by atoms with Crippen LogP contribution < -0.4 is 9.57 Å². The highest BCUT2D eigenvalue weighted by atomic mass is 19.4. The van der Waals surface area contributed by atoms with Gasteiger partial charge in [0.2, 0.25) is 0 Å². The number of rotatable bonds is 4. The second-order valence-electron chi connectivity index (χ2n) is 8.39. The number of carbonyl (C=O) groups is 1. The van der Waals surface area contributed by atoms with Gasteiger partial charge in [0, 0.05) is 11.9 Å². The zero-order valence-corrected chi connectivity index (χ0v) is 17.4. The molecule has 1 atom stereocenters. The van der Waals surface area contributed by atoms with Crippen molar-refractivity contribution < 1.29 is 27.5 Å². The molecular weight excluding hydrogens is 423 g/mol. The normalized spacial score (nSPS) is 22.8. The van der Waals surface area contributed by atoms with Crippen LogP contribution in [0.25, 0.3) is 22.0 Å². The Labute approximate surface area is 182 Å². The maximum Gasteiger partial charge on any atom is 0.493 e. The van der Waals surface area contributed by atoms with Gasteiger partial charge in [0.15, 0.2) is 0 Å². The van der Waals surface area contributed by atoms with E-state index in [-0.39, 0.29) is 11.6 Å². The Balaban J connectivity index is 1.34. The van der Waals surface area contributed by atoms with E-state index < -0.39 is 12.1 Å². The third-order valence-corrected chi connectivity index (χ3v) is 6.31. The maximum atomic E-state index is 12.5. The zero-order valence-electron chi connectivity index (χ0n) is 17.4. The largest absolute Gasteiger partial charge is 0.493 e. The molecule has 2 bridgehead atoms. The standard InChI is InChI=1S/C23H22F3N3O3/c1-14-19-12-17(4-7-20(19)29(27-14)32-22(30)23(24,25)26)15-2-5-18(6-3-15)31-21-13-28-10-8-16(21)9-11-28/h2-7,12,16,21H,8-11,13H2,1H3. The fraction of sp³-hybridized carbons (Fsp3) is 0.391. The first-order valence-corrected chi connectivity index (χ1v) is 10.6. The predicted molar refractivity (Wildman–Crippen MR) is 111 cm³/mol. The van der Waals surface area contributed by atoms with E-state index in [0.29, 0.717) is 21.8 Å². The van der Waals surface area contributed by atoms with E-state index in [1.165, 1.54) is 12.8 Å². The highest BCUT2D eigenvalue weighted by Gasteiger charge is 2.42. The summed E-state index contributed by atoms with van der Waals surface area (Å²) < 4.78 is 43.8. The lowest BCUT2D eigenvalue weighted by molar-refractivity contribution is -0.200. The second-order valence-corrected chi connectivity index (χ2v) is 8.39. The van der Waals surface area contributed by atoms with E-state index in [9.17, 15) is 18.0 Å². The van der Waals surface area contributed by atoms with Crippen LogP contribution in [0, 0.1) is 12.8 Å². The van der Waals surface area contributed by atoms with Crippen molar-refractivity contribution in [2.45, 2.75) is 32.0 Å². The molecule has 4 heterocycles. The maximum absolute atomic E-state index is 12.5. The molecule has 2 aromatic carbocycles. The summed E-state index contributed by atoms with van der Waals surface area (Å²) in [6, 6.07) is 13.0. The summed E-state index contributed by atoms with van der Waals surface area (Å²) in [7, 11) is 0. The number of aromatic nitrogens is 2. The van der Waals surface area contributed by atoms with Gasteiger partial charge in [-0.25, -0.2) is 4.79 Å². The number of aryl methyl sites for hydroxylation is 1. The van der Waals surface area contributed by atoms with Crippen LogP contribution in [0.3, 0.4) is 0 Å². The first kappa shape index (κ1) is 20.8. The number of benzene rings is 2. The Morgan fingerprint density at radius 1 is 1.06 bits per heavy atom. The summed E-state index contributed by atoms with van der Waals surface area (Å²) >= 11 is 0. The van der Waals surface area contributed by atoms with Crippen molar-refractivity contribution in [1.82, 2.24) is 14.8 Å². The molecule has 6 rings (SSSR count). The Morgan fingerprint density at radius 3 is 2.38 bits per heavy atom. The summed E-state index contributed by atoms with van der Waals surface area (Å²) in [6.07, 6.45) is -2.49. The molecule has 1 aromatic heterocycles. The number of nitrogens with zero attached hydrogens (tertiary/aromatic N) is 3. The minimum Gasteiger partial charge on any atom is -0.489 e. The topological polar surface area (TPSA) is 56.6 Å². The molecule has 9 heteroatoms. The quantitative estimate of drug-likeness (QED) is 0.608. The van der Waals surface area contributed by atoms with Gasteiger partial charge in [0.25, 0.3) is 0 Å². The average molecular weight is 445 g/mol. The molecule has 3 saturated heterocycles. The van der Waals surface area contributed by atoms with Crippen molar-refractivity contribution in [3.05, 3.63) is 48.2 Å². The lowest BCUT2D eigenvalue weighted by Gasteiger charge is -2.44. The van der Waals surface area contributed by atoms with Crippen molar-refractivity contribution in [3.8, 4) is 16.9 Å². The highest BCUT2D eigenvalue weighted by Crippen LogP contribution is 2.32. The van der Waals surface area contributed by atoms with Gasteiger partial charge in [0.05, 0.1) is 5.69 Å². The molecule has 0 amide bonds. The fourth-order valence-electron chi connectivity index (χ4n) is 4.56. The van der Waals surface area contributed by atoms with E-state index in [1.807, 2.05) is 30.3 Å².